The first-order chi connectivity index (χ1) is 9.69. The van der Waals surface area contributed by atoms with E-state index >= 15 is 0 Å². The van der Waals surface area contributed by atoms with Crippen molar-refractivity contribution in [1.82, 2.24) is 15.3 Å². The predicted molar refractivity (Wildman–Crippen MR) is 79.8 cm³/mol. The normalized spacial score (nSPS) is 13.9. The molecule has 0 atom stereocenters. The number of amides is 1. The summed E-state index contributed by atoms with van der Waals surface area (Å²) in [6.45, 7) is 5.49. The molecule has 0 radical (unpaired) electrons. The molecule has 3 N–H and O–H groups in total. The van der Waals surface area contributed by atoms with Crippen molar-refractivity contribution in [2.75, 3.05) is 23.7 Å². The van der Waals surface area contributed by atoms with Gasteiger partial charge in [0.05, 0.1) is 0 Å². The molecule has 0 aliphatic heterocycles. The van der Waals surface area contributed by atoms with Crippen LogP contribution in [0.3, 0.4) is 0 Å². The Labute approximate surface area is 119 Å². The van der Waals surface area contributed by atoms with Crippen LogP contribution >= 0.6 is 0 Å². The molecule has 6 nitrogen and oxygen atoms in total. The molecular formula is C14H23N5O. The van der Waals surface area contributed by atoms with E-state index in [1.54, 1.807) is 6.20 Å². The molecule has 0 saturated heterocycles. The highest BCUT2D eigenvalue weighted by Crippen LogP contribution is 2.18. The first-order valence-corrected chi connectivity index (χ1v) is 7.29. The van der Waals surface area contributed by atoms with Crippen molar-refractivity contribution in [2.24, 2.45) is 0 Å². The molecule has 6 heteroatoms. The molecule has 0 unspecified atom stereocenters. The molecule has 0 spiro atoms. The Kier molecular flexibility index (Phi) is 5.15. The Balaban J connectivity index is 1.79. The Morgan fingerprint density at radius 3 is 2.85 bits per heavy atom. The maximum absolute atomic E-state index is 11.6. The van der Waals surface area contributed by atoms with Crippen molar-refractivity contribution in [3.05, 3.63) is 11.8 Å². The Morgan fingerprint density at radius 1 is 1.35 bits per heavy atom. The lowest BCUT2D eigenvalue weighted by Gasteiger charge is -2.10. The van der Waals surface area contributed by atoms with Gasteiger partial charge in [-0.3, -0.25) is 4.79 Å². The summed E-state index contributed by atoms with van der Waals surface area (Å²) in [5, 5.41) is 9.33. The summed E-state index contributed by atoms with van der Waals surface area (Å²) in [5.74, 6) is 1.52. The second-order valence-electron chi connectivity index (χ2n) is 5.17. The van der Waals surface area contributed by atoms with Crippen molar-refractivity contribution >= 4 is 17.7 Å². The van der Waals surface area contributed by atoms with Crippen molar-refractivity contribution in [1.29, 1.82) is 0 Å². The highest BCUT2D eigenvalue weighted by atomic mass is 16.1. The van der Waals surface area contributed by atoms with E-state index in [1.807, 2.05) is 6.92 Å². The number of anilines is 2. The summed E-state index contributed by atoms with van der Waals surface area (Å²) >= 11 is 0. The largest absolute Gasteiger partial charge is 0.369 e. The lowest BCUT2D eigenvalue weighted by molar-refractivity contribution is -0.120. The molecule has 0 aromatic carbocycles. The number of rotatable bonds is 8. The quantitative estimate of drug-likeness (QED) is 0.674. The number of carbonyl (C=O) groups excluding carboxylic acids is 1. The fourth-order valence-electron chi connectivity index (χ4n) is 1.76. The molecule has 1 aromatic rings. The van der Waals surface area contributed by atoms with Gasteiger partial charge in [-0.15, -0.1) is 0 Å². The van der Waals surface area contributed by atoms with Gasteiger partial charge in [-0.2, -0.15) is 4.98 Å². The van der Waals surface area contributed by atoms with Gasteiger partial charge in [-0.1, -0.05) is 6.92 Å². The van der Waals surface area contributed by atoms with E-state index in [0.717, 1.165) is 37.2 Å². The lowest BCUT2D eigenvalue weighted by atomic mass is 10.3. The van der Waals surface area contributed by atoms with Crippen LogP contribution in [0, 0.1) is 6.92 Å². The minimum atomic E-state index is 0.107. The van der Waals surface area contributed by atoms with Crippen LogP contribution in [0.4, 0.5) is 11.8 Å². The van der Waals surface area contributed by atoms with Crippen molar-refractivity contribution < 1.29 is 4.79 Å². The average molecular weight is 277 g/mol. The van der Waals surface area contributed by atoms with Crippen molar-refractivity contribution in [3.8, 4) is 0 Å². The molecule has 1 aliphatic carbocycles. The number of nitrogens with zero attached hydrogens (tertiary/aromatic N) is 2. The summed E-state index contributed by atoms with van der Waals surface area (Å²) in [4.78, 5) is 20.2. The van der Waals surface area contributed by atoms with Gasteiger partial charge in [0.15, 0.2) is 0 Å². The molecule has 1 aromatic heterocycles. The molecular weight excluding hydrogens is 254 g/mol. The molecule has 110 valence electrons. The average Bonchev–Trinajstić information content (AvgIpc) is 3.23. The topological polar surface area (TPSA) is 78.9 Å². The van der Waals surface area contributed by atoms with Crippen LogP contribution in [0.1, 0.15) is 38.2 Å². The Hall–Kier alpha value is -1.85. The van der Waals surface area contributed by atoms with Gasteiger partial charge in [0.25, 0.3) is 0 Å². The zero-order chi connectivity index (χ0) is 14.4. The third-order valence-corrected chi connectivity index (χ3v) is 3.09. The highest BCUT2D eigenvalue weighted by Gasteiger charge is 2.22. The monoisotopic (exact) mass is 277 g/mol. The van der Waals surface area contributed by atoms with Gasteiger partial charge in [-0.05, 0) is 26.2 Å². The van der Waals surface area contributed by atoms with E-state index in [1.165, 1.54) is 0 Å². The molecule has 0 bridgehead atoms. The highest BCUT2D eigenvalue weighted by molar-refractivity contribution is 5.77. The van der Waals surface area contributed by atoms with Gasteiger partial charge in [0.1, 0.15) is 5.82 Å². The summed E-state index contributed by atoms with van der Waals surface area (Å²) in [6, 6.07) is 0.424. The third kappa shape index (κ3) is 4.68. The van der Waals surface area contributed by atoms with Crippen LogP contribution in [0.25, 0.3) is 0 Å². The summed E-state index contributed by atoms with van der Waals surface area (Å²) < 4.78 is 0. The molecule has 1 amide bonds. The number of aromatic nitrogens is 2. The smallest absolute Gasteiger partial charge is 0.224 e. The maximum Gasteiger partial charge on any atom is 0.224 e. The van der Waals surface area contributed by atoms with E-state index in [9.17, 15) is 4.79 Å². The number of hydrogen-bond donors (Lipinski definition) is 3. The third-order valence-electron chi connectivity index (χ3n) is 3.09. The molecule has 1 heterocycles. The summed E-state index contributed by atoms with van der Waals surface area (Å²) in [6.07, 6.45) is 5.53. The van der Waals surface area contributed by atoms with Gasteiger partial charge in [0, 0.05) is 37.3 Å². The van der Waals surface area contributed by atoms with E-state index in [2.05, 4.69) is 32.8 Å². The maximum atomic E-state index is 11.6. The minimum Gasteiger partial charge on any atom is -0.369 e. The van der Waals surface area contributed by atoms with Crippen molar-refractivity contribution in [2.45, 2.75) is 45.6 Å². The lowest BCUT2D eigenvalue weighted by Crippen LogP contribution is -2.27. The number of aryl methyl sites for hydroxylation is 1. The minimum absolute atomic E-state index is 0.107. The molecule has 20 heavy (non-hydrogen) atoms. The van der Waals surface area contributed by atoms with Crippen LogP contribution in [-0.4, -0.2) is 35.0 Å². The fraction of sp³-hybridized carbons (Fsp3) is 0.643. The summed E-state index contributed by atoms with van der Waals surface area (Å²) in [7, 11) is 0. The Bertz CT molecular complexity index is 459. The predicted octanol–water partition coefficient (Wildman–Crippen LogP) is 1.69. The molecule has 1 fully saturated rings. The van der Waals surface area contributed by atoms with Crippen LogP contribution in [0.2, 0.25) is 0 Å². The summed E-state index contributed by atoms with van der Waals surface area (Å²) in [5.41, 5.74) is 0.981. The van der Waals surface area contributed by atoms with E-state index in [-0.39, 0.29) is 5.91 Å². The van der Waals surface area contributed by atoms with E-state index < -0.39 is 0 Å². The van der Waals surface area contributed by atoms with Crippen LogP contribution < -0.4 is 16.0 Å². The zero-order valence-corrected chi connectivity index (χ0v) is 12.2. The number of carbonyl (C=O) groups is 1. The van der Waals surface area contributed by atoms with Gasteiger partial charge in [0.2, 0.25) is 11.9 Å². The Morgan fingerprint density at radius 2 is 2.15 bits per heavy atom. The van der Waals surface area contributed by atoms with Crippen molar-refractivity contribution in [3.63, 3.8) is 0 Å². The van der Waals surface area contributed by atoms with E-state index in [0.29, 0.717) is 25.0 Å². The van der Waals surface area contributed by atoms with Gasteiger partial charge < -0.3 is 16.0 Å². The second-order valence-corrected chi connectivity index (χ2v) is 5.17. The SMILES string of the molecule is CCCNc1ncc(C)c(NCCC(=O)NC2CC2)n1. The first kappa shape index (κ1) is 14.6. The zero-order valence-electron chi connectivity index (χ0n) is 12.2. The molecule has 1 aliphatic rings. The number of hydrogen-bond acceptors (Lipinski definition) is 5. The van der Waals surface area contributed by atoms with Gasteiger partial charge in [-0.25, -0.2) is 4.98 Å². The van der Waals surface area contributed by atoms with Crippen LogP contribution in [0.5, 0.6) is 0 Å². The fourth-order valence-corrected chi connectivity index (χ4v) is 1.76. The van der Waals surface area contributed by atoms with Crippen LogP contribution in [-0.2, 0) is 4.79 Å². The standard InChI is InChI=1S/C14H23N5O/c1-3-7-16-14-17-9-10(2)13(19-14)15-8-6-12(20)18-11-4-5-11/h9,11H,3-8H2,1-2H3,(H,18,20)(H2,15,16,17,19). The van der Waals surface area contributed by atoms with Gasteiger partial charge >= 0.3 is 0 Å². The van der Waals surface area contributed by atoms with Crippen LogP contribution in [0.15, 0.2) is 6.20 Å². The first-order valence-electron chi connectivity index (χ1n) is 7.29. The molecule has 2 rings (SSSR count). The second kappa shape index (κ2) is 7.07. The number of nitrogens with one attached hydrogen (secondary N) is 3. The van der Waals surface area contributed by atoms with E-state index in [4.69, 9.17) is 0 Å². The molecule has 1 saturated carbocycles.